The number of piperidine rings is 1. The number of carbonyl (C=O) groups excluding carboxylic acids is 2. The van der Waals surface area contributed by atoms with Gasteiger partial charge in [-0.1, -0.05) is 42.4 Å². The lowest BCUT2D eigenvalue weighted by Gasteiger charge is -2.37. The van der Waals surface area contributed by atoms with Crippen LogP contribution in [0.15, 0.2) is 53.1 Å². The van der Waals surface area contributed by atoms with Crippen LogP contribution in [0.2, 0.25) is 0 Å². The highest BCUT2D eigenvalue weighted by molar-refractivity contribution is 5.96. The summed E-state index contributed by atoms with van der Waals surface area (Å²) >= 11 is 0. The van der Waals surface area contributed by atoms with Crippen LogP contribution in [-0.4, -0.2) is 56.3 Å². The molecule has 1 N–H and O–H groups in total. The first-order valence-corrected chi connectivity index (χ1v) is 11.7. The minimum absolute atomic E-state index is 0.0227. The van der Waals surface area contributed by atoms with Gasteiger partial charge in [-0.15, -0.1) is 0 Å². The van der Waals surface area contributed by atoms with E-state index in [1.54, 1.807) is 29.2 Å². The molecule has 0 unspecified atom stereocenters. The number of aryl methyl sites for hydroxylation is 2. The van der Waals surface area contributed by atoms with Gasteiger partial charge in [0, 0.05) is 36.7 Å². The molecule has 1 aliphatic heterocycles. The fraction of sp³-hybridized carbons (Fsp3) is 0.346. The van der Waals surface area contributed by atoms with Crippen LogP contribution in [0.25, 0.3) is 22.3 Å². The first-order chi connectivity index (χ1) is 16.8. The molecule has 0 aliphatic carbocycles. The lowest BCUT2D eigenvalue weighted by atomic mass is 9.80. The van der Waals surface area contributed by atoms with E-state index in [0.29, 0.717) is 43.2 Å². The molecule has 1 aliphatic rings. The fourth-order valence-corrected chi connectivity index (χ4v) is 4.59. The summed E-state index contributed by atoms with van der Waals surface area (Å²) in [4.78, 5) is 31.4. The molecule has 0 bridgehead atoms. The summed E-state index contributed by atoms with van der Waals surface area (Å²) in [6, 6.07) is 14.9. The number of likely N-dealkylation sites (tertiary alicyclic amines) is 1. The number of aromatic nitrogens is 4. The van der Waals surface area contributed by atoms with Crippen molar-refractivity contribution in [2.45, 2.75) is 32.1 Å². The molecule has 9 heteroatoms. The Bertz CT molecular complexity index is 1380. The van der Waals surface area contributed by atoms with Crippen LogP contribution in [0.4, 0.5) is 0 Å². The Hall–Kier alpha value is -4.01. The van der Waals surface area contributed by atoms with Gasteiger partial charge in [0.25, 0.3) is 5.91 Å². The van der Waals surface area contributed by atoms with Gasteiger partial charge in [0.2, 0.25) is 17.6 Å². The summed E-state index contributed by atoms with van der Waals surface area (Å²) in [7, 11) is 1.92. The van der Waals surface area contributed by atoms with E-state index in [1.807, 2.05) is 42.9 Å². The molecule has 1 fully saturated rings. The Morgan fingerprint density at radius 2 is 1.86 bits per heavy atom. The number of hydrogen-bond acceptors (Lipinski definition) is 6. The Balaban J connectivity index is 1.21. The van der Waals surface area contributed by atoms with Crippen molar-refractivity contribution in [2.75, 3.05) is 19.6 Å². The monoisotopic (exact) mass is 472 g/mol. The largest absolute Gasteiger partial charge is 0.343 e. The second-order valence-electron chi connectivity index (χ2n) is 9.35. The molecule has 0 radical (unpaired) electrons. The van der Waals surface area contributed by atoms with Crippen molar-refractivity contribution in [1.29, 1.82) is 0 Å². The van der Waals surface area contributed by atoms with Gasteiger partial charge in [-0.3, -0.25) is 14.3 Å². The first-order valence-electron chi connectivity index (χ1n) is 11.7. The number of benzene rings is 2. The molecule has 0 spiro atoms. The summed E-state index contributed by atoms with van der Waals surface area (Å²) in [5.74, 6) is 0.781. The topological polar surface area (TPSA) is 106 Å². The highest BCUT2D eigenvalue weighted by atomic mass is 16.5. The minimum atomic E-state index is -0.317. The second-order valence-corrected chi connectivity index (χ2v) is 9.35. The minimum Gasteiger partial charge on any atom is -0.343 e. The normalized spacial score (nSPS) is 15.3. The Kier molecular flexibility index (Phi) is 5.84. The van der Waals surface area contributed by atoms with Gasteiger partial charge in [0.05, 0.1) is 23.2 Å². The Morgan fingerprint density at radius 3 is 2.60 bits per heavy atom. The first kappa shape index (κ1) is 22.8. The van der Waals surface area contributed by atoms with Gasteiger partial charge in [0.15, 0.2) is 0 Å². The number of carbonyl (C=O) groups is 2. The molecule has 180 valence electrons. The molecule has 2 amide bonds. The zero-order valence-electron chi connectivity index (χ0n) is 20.1. The van der Waals surface area contributed by atoms with E-state index in [4.69, 9.17) is 9.51 Å². The van der Waals surface area contributed by atoms with Crippen LogP contribution < -0.4 is 5.32 Å². The second kappa shape index (κ2) is 8.98. The Morgan fingerprint density at radius 1 is 1.11 bits per heavy atom. The van der Waals surface area contributed by atoms with E-state index in [9.17, 15) is 9.59 Å². The molecule has 4 aromatic rings. The van der Waals surface area contributed by atoms with E-state index in [-0.39, 0.29) is 23.8 Å². The summed E-state index contributed by atoms with van der Waals surface area (Å²) < 4.78 is 7.54. The molecule has 1 saturated heterocycles. The molecular formula is C26H28N6O3. The number of amides is 2. The number of rotatable bonds is 5. The van der Waals surface area contributed by atoms with Crippen LogP contribution in [0.1, 0.15) is 41.7 Å². The van der Waals surface area contributed by atoms with Crippen LogP contribution >= 0.6 is 0 Å². The van der Waals surface area contributed by atoms with Gasteiger partial charge in [-0.05, 0) is 38.0 Å². The number of nitrogens with one attached hydrogen (secondary N) is 1. The van der Waals surface area contributed by atoms with E-state index in [1.165, 1.54) is 0 Å². The molecule has 3 heterocycles. The number of fused-ring (bicyclic) bond motifs is 1. The summed E-state index contributed by atoms with van der Waals surface area (Å²) in [6.45, 7) is 5.19. The molecule has 9 nitrogen and oxygen atoms in total. The van der Waals surface area contributed by atoms with E-state index in [2.05, 4.69) is 22.5 Å². The molecule has 5 rings (SSSR count). The third kappa shape index (κ3) is 4.41. The summed E-state index contributed by atoms with van der Waals surface area (Å²) in [5, 5.41) is 12.5. The maximum atomic E-state index is 12.7. The zero-order valence-corrected chi connectivity index (χ0v) is 20.1. The van der Waals surface area contributed by atoms with Crippen LogP contribution in [0, 0.1) is 6.92 Å². The average Bonchev–Trinajstić information content (AvgIpc) is 3.49. The van der Waals surface area contributed by atoms with E-state index >= 15 is 0 Å². The maximum absolute atomic E-state index is 12.7. The van der Waals surface area contributed by atoms with Gasteiger partial charge in [0.1, 0.15) is 0 Å². The van der Waals surface area contributed by atoms with Gasteiger partial charge < -0.3 is 14.7 Å². The molecule has 0 atom stereocenters. The summed E-state index contributed by atoms with van der Waals surface area (Å²) in [5.41, 5.74) is 3.10. The van der Waals surface area contributed by atoms with Gasteiger partial charge in [-0.2, -0.15) is 10.1 Å². The van der Waals surface area contributed by atoms with Crippen molar-refractivity contribution in [2.24, 2.45) is 7.05 Å². The van der Waals surface area contributed by atoms with Crippen molar-refractivity contribution >= 4 is 22.7 Å². The predicted octanol–water partition coefficient (Wildman–Crippen LogP) is 3.24. The molecule has 35 heavy (non-hydrogen) atoms. The third-order valence-electron chi connectivity index (χ3n) is 6.89. The van der Waals surface area contributed by atoms with Crippen LogP contribution in [-0.2, 0) is 17.3 Å². The van der Waals surface area contributed by atoms with Crippen molar-refractivity contribution in [3.8, 4) is 11.4 Å². The SMILES string of the molecule is Cc1nn(C)c2cc(-c3noc(C4(C)CCN(C(=O)CNC(=O)c5ccccc5)CC4)n3)ccc12. The van der Waals surface area contributed by atoms with Crippen LogP contribution in [0.5, 0.6) is 0 Å². The summed E-state index contributed by atoms with van der Waals surface area (Å²) in [6.07, 6.45) is 1.40. The lowest BCUT2D eigenvalue weighted by Crippen LogP contribution is -2.47. The highest BCUT2D eigenvalue weighted by Gasteiger charge is 2.38. The van der Waals surface area contributed by atoms with Crippen molar-refractivity contribution < 1.29 is 14.1 Å². The molecule has 2 aromatic heterocycles. The number of nitrogens with zero attached hydrogens (tertiary/aromatic N) is 5. The smallest absolute Gasteiger partial charge is 0.251 e. The van der Waals surface area contributed by atoms with E-state index < -0.39 is 0 Å². The number of hydrogen-bond donors (Lipinski definition) is 1. The van der Waals surface area contributed by atoms with Gasteiger partial charge in [-0.25, -0.2) is 0 Å². The fourth-order valence-electron chi connectivity index (χ4n) is 4.59. The molecule has 0 saturated carbocycles. The average molecular weight is 473 g/mol. The maximum Gasteiger partial charge on any atom is 0.251 e. The van der Waals surface area contributed by atoms with Gasteiger partial charge >= 0.3 is 0 Å². The standard InChI is InChI=1S/C26H28N6O3/c1-17-20-10-9-19(15-21(20)31(3)29-17)23-28-25(35-30-23)26(2)11-13-32(14-12-26)22(33)16-27-24(34)18-7-5-4-6-8-18/h4-10,15H,11-14,16H2,1-3H3,(H,27,34). The predicted molar refractivity (Wildman–Crippen MR) is 131 cm³/mol. The Labute approximate surface area is 203 Å². The van der Waals surface area contributed by atoms with Crippen LogP contribution in [0.3, 0.4) is 0 Å². The highest BCUT2D eigenvalue weighted by Crippen LogP contribution is 2.35. The van der Waals surface area contributed by atoms with Crippen molar-refractivity contribution in [3.63, 3.8) is 0 Å². The van der Waals surface area contributed by atoms with Crippen molar-refractivity contribution in [3.05, 3.63) is 65.7 Å². The molecular weight excluding hydrogens is 444 g/mol. The molecule has 2 aromatic carbocycles. The quantitative estimate of drug-likeness (QED) is 0.478. The van der Waals surface area contributed by atoms with E-state index in [0.717, 1.165) is 22.2 Å². The third-order valence-corrected chi connectivity index (χ3v) is 6.89. The van der Waals surface area contributed by atoms with Crippen molar-refractivity contribution in [1.82, 2.24) is 30.1 Å². The lowest BCUT2D eigenvalue weighted by molar-refractivity contribution is -0.131. The zero-order chi connectivity index (χ0) is 24.6.